The van der Waals surface area contributed by atoms with E-state index in [2.05, 4.69) is 18.7 Å². The Kier molecular flexibility index (Phi) is 4.26. The summed E-state index contributed by atoms with van der Waals surface area (Å²) < 4.78 is 0. The lowest BCUT2D eigenvalue weighted by atomic mass is 9.93. The van der Waals surface area contributed by atoms with Gasteiger partial charge >= 0.3 is 0 Å². The molecule has 0 aromatic heterocycles. The van der Waals surface area contributed by atoms with Crippen molar-refractivity contribution in [3.8, 4) is 0 Å². The third-order valence-electron chi connectivity index (χ3n) is 5.00. The molecular weight excluding hydrogens is 196 g/mol. The van der Waals surface area contributed by atoms with Crippen LogP contribution in [0.3, 0.4) is 0 Å². The molecule has 0 aromatic carbocycles. The van der Waals surface area contributed by atoms with Crippen molar-refractivity contribution in [2.75, 3.05) is 13.1 Å². The summed E-state index contributed by atoms with van der Waals surface area (Å²) in [5, 5.41) is 0. The first-order valence-electron chi connectivity index (χ1n) is 7.20. The van der Waals surface area contributed by atoms with Crippen molar-refractivity contribution in [3.63, 3.8) is 0 Å². The lowest BCUT2D eigenvalue weighted by Crippen LogP contribution is -2.45. The summed E-state index contributed by atoms with van der Waals surface area (Å²) in [7, 11) is 0. The molecule has 2 fully saturated rings. The van der Waals surface area contributed by atoms with E-state index in [1.54, 1.807) is 0 Å². The normalized spacial score (nSPS) is 32.1. The van der Waals surface area contributed by atoms with Crippen molar-refractivity contribution < 1.29 is 0 Å². The lowest BCUT2D eigenvalue weighted by molar-refractivity contribution is 0.113. The van der Waals surface area contributed by atoms with Gasteiger partial charge in [-0.15, -0.1) is 0 Å². The van der Waals surface area contributed by atoms with Crippen LogP contribution in [0, 0.1) is 11.8 Å². The van der Waals surface area contributed by atoms with E-state index in [9.17, 15) is 0 Å². The van der Waals surface area contributed by atoms with Crippen LogP contribution in [0.1, 0.15) is 52.4 Å². The first-order chi connectivity index (χ1) is 7.74. The smallest absolute Gasteiger partial charge is 0.0127 e. The first-order valence-corrected chi connectivity index (χ1v) is 7.20. The number of hydrogen-bond donors (Lipinski definition) is 1. The van der Waals surface area contributed by atoms with E-state index in [0.29, 0.717) is 12.0 Å². The van der Waals surface area contributed by atoms with E-state index in [-0.39, 0.29) is 0 Å². The van der Waals surface area contributed by atoms with Gasteiger partial charge in [0.2, 0.25) is 0 Å². The molecule has 3 atom stereocenters. The molecule has 1 aliphatic heterocycles. The average Bonchev–Trinajstić information content (AvgIpc) is 2.95. The zero-order chi connectivity index (χ0) is 11.5. The molecule has 1 saturated heterocycles. The number of nitrogens with two attached hydrogens (primary N) is 1. The summed E-state index contributed by atoms with van der Waals surface area (Å²) in [6.45, 7) is 6.82. The summed E-state index contributed by atoms with van der Waals surface area (Å²) in [5.41, 5.74) is 5.81. The van der Waals surface area contributed by atoms with Crippen LogP contribution in [-0.2, 0) is 0 Å². The third-order valence-corrected chi connectivity index (χ3v) is 5.00. The summed E-state index contributed by atoms with van der Waals surface area (Å²) in [6.07, 6.45) is 8.73. The zero-order valence-electron chi connectivity index (χ0n) is 11.0. The van der Waals surface area contributed by atoms with Gasteiger partial charge in [-0.25, -0.2) is 0 Å². The number of rotatable bonds is 4. The molecule has 16 heavy (non-hydrogen) atoms. The number of nitrogens with zero attached hydrogens (tertiary/aromatic N) is 1. The second-order valence-corrected chi connectivity index (χ2v) is 5.95. The molecule has 0 radical (unpaired) electrons. The van der Waals surface area contributed by atoms with Crippen LogP contribution in [-0.4, -0.2) is 30.1 Å². The van der Waals surface area contributed by atoms with E-state index >= 15 is 0 Å². The van der Waals surface area contributed by atoms with Crippen molar-refractivity contribution in [2.24, 2.45) is 17.6 Å². The van der Waals surface area contributed by atoms with Crippen LogP contribution in [0.4, 0.5) is 0 Å². The molecule has 2 aliphatic rings. The number of hydrogen-bond acceptors (Lipinski definition) is 2. The SMILES string of the molecule is CC(CN)C(C)N1CCCC1C1CCCC1. The monoisotopic (exact) mass is 224 g/mol. The summed E-state index contributed by atoms with van der Waals surface area (Å²) in [5.74, 6) is 1.64. The van der Waals surface area contributed by atoms with Gasteiger partial charge in [-0.05, 0) is 57.5 Å². The molecule has 2 N–H and O–H groups in total. The zero-order valence-corrected chi connectivity index (χ0v) is 11.0. The van der Waals surface area contributed by atoms with Gasteiger partial charge in [0.15, 0.2) is 0 Å². The highest BCUT2D eigenvalue weighted by Gasteiger charge is 2.36. The van der Waals surface area contributed by atoms with E-state index in [0.717, 1.165) is 18.5 Å². The third kappa shape index (κ3) is 2.43. The Morgan fingerprint density at radius 1 is 1.12 bits per heavy atom. The molecule has 0 amide bonds. The highest BCUT2D eigenvalue weighted by Crippen LogP contribution is 2.37. The van der Waals surface area contributed by atoms with E-state index in [1.165, 1.54) is 45.1 Å². The van der Waals surface area contributed by atoms with Crippen molar-refractivity contribution >= 4 is 0 Å². The molecule has 1 saturated carbocycles. The van der Waals surface area contributed by atoms with Crippen LogP contribution >= 0.6 is 0 Å². The predicted octanol–water partition coefficient (Wildman–Crippen LogP) is 2.62. The van der Waals surface area contributed by atoms with Crippen LogP contribution in [0.5, 0.6) is 0 Å². The van der Waals surface area contributed by atoms with Crippen LogP contribution in [0.25, 0.3) is 0 Å². The van der Waals surface area contributed by atoms with Crippen molar-refractivity contribution in [2.45, 2.75) is 64.5 Å². The molecule has 0 bridgehead atoms. The maximum Gasteiger partial charge on any atom is 0.0127 e. The largest absolute Gasteiger partial charge is 0.330 e. The van der Waals surface area contributed by atoms with Gasteiger partial charge in [0.25, 0.3) is 0 Å². The minimum atomic E-state index is 0.641. The van der Waals surface area contributed by atoms with Crippen LogP contribution in [0.2, 0.25) is 0 Å². The average molecular weight is 224 g/mol. The Morgan fingerprint density at radius 2 is 1.81 bits per heavy atom. The number of likely N-dealkylation sites (tertiary alicyclic amines) is 1. The van der Waals surface area contributed by atoms with Crippen molar-refractivity contribution in [1.29, 1.82) is 0 Å². The van der Waals surface area contributed by atoms with Gasteiger partial charge in [-0.1, -0.05) is 19.8 Å². The molecule has 94 valence electrons. The topological polar surface area (TPSA) is 29.3 Å². The fourth-order valence-electron chi connectivity index (χ4n) is 3.69. The Labute approximate surface area is 101 Å². The Balaban J connectivity index is 1.96. The van der Waals surface area contributed by atoms with E-state index < -0.39 is 0 Å². The molecule has 0 aromatic rings. The maximum absolute atomic E-state index is 5.81. The molecule has 1 heterocycles. The quantitative estimate of drug-likeness (QED) is 0.795. The van der Waals surface area contributed by atoms with Gasteiger partial charge in [0.1, 0.15) is 0 Å². The highest BCUT2D eigenvalue weighted by molar-refractivity contribution is 4.91. The first kappa shape index (κ1) is 12.4. The standard InChI is InChI=1S/C14H28N2/c1-11(10-15)12(2)16-9-5-8-14(16)13-6-3-4-7-13/h11-14H,3-10,15H2,1-2H3. The Morgan fingerprint density at radius 3 is 2.44 bits per heavy atom. The lowest BCUT2D eigenvalue weighted by Gasteiger charge is -2.37. The molecule has 2 rings (SSSR count). The predicted molar refractivity (Wildman–Crippen MR) is 69.4 cm³/mol. The minimum absolute atomic E-state index is 0.641. The molecule has 1 aliphatic carbocycles. The Bertz CT molecular complexity index is 211. The fraction of sp³-hybridized carbons (Fsp3) is 1.00. The summed E-state index contributed by atoms with van der Waals surface area (Å²) in [4.78, 5) is 2.77. The second-order valence-electron chi connectivity index (χ2n) is 5.95. The van der Waals surface area contributed by atoms with Crippen LogP contribution in [0.15, 0.2) is 0 Å². The van der Waals surface area contributed by atoms with Gasteiger partial charge in [0, 0.05) is 12.1 Å². The van der Waals surface area contributed by atoms with Gasteiger partial charge in [0.05, 0.1) is 0 Å². The minimum Gasteiger partial charge on any atom is -0.330 e. The molecule has 3 unspecified atom stereocenters. The molecule has 2 nitrogen and oxygen atoms in total. The van der Waals surface area contributed by atoms with Gasteiger partial charge in [-0.3, -0.25) is 4.90 Å². The van der Waals surface area contributed by atoms with E-state index in [4.69, 9.17) is 5.73 Å². The summed E-state index contributed by atoms with van der Waals surface area (Å²) in [6, 6.07) is 1.56. The summed E-state index contributed by atoms with van der Waals surface area (Å²) >= 11 is 0. The molecular formula is C14H28N2. The molecule has 0 spiro atoms. The maximum atomic E-state index is 5.81. The van der Waals surface area contributed by atoms with Gasteiger partial charge < -0.3 is 5.73 Å². The van der Waals surface area contributed by atoms with Crippen LogP contribution < -0.4 is 5.73 Å². The highest BCUT2D eigenvalue weighted by atomic mass is 15.2. The second kappa shape index (κ2) is 5.50. The van der Waals surface area contributed by atoms with Gasteiger partial charge in [-0.2, -0.15) is 0 Å². The fourth-order valence-corrected chi connectivity index (χ4v) is 3.69. The molecule has 2 heteroatoms. The Hall–Kier alpha value is -0.0800. The van der Waals surface area contributed by atoms with Crippen molar-refractivity contribution in [3.05, 3.63) is 0 Å². The van der Waals surface area contributed by atoms with Crippen molar-refractivity contribution in [1.82, 2.24) is 4.90 Å². The van der Waals surface area contributed by atoms with E-state index in [1.807, 2.05) is 0 Å².